The van der Waals surface area contributed by atoms with Crippen LogP contribution in [-0.4, -0.2) is 31.3 Å². The summed E-state index contributed by atoms with van der Waals surface area (Å²) in [6.45, 7) is 6.01. The number of hydrogen-bond donors (Lipinski definition) is 1. The third-order valence-corrected chi connectivity index (χ3v) is 4.59. The van der Waals surface area contributed by atoms with Crippen LogP contribution in [0.1, 0.15) is 28.4 Å². The highest BCUT2D eigenvalue weighted by Gasteiger charge is 2.09. The first-order valence-corrected chi connectivity index (χ1v) is 10.8. The average molecular weight is 459 g/mol. The molecule has 0 unspecified atom stereocenters. The molecule has 0 saturated heterocycles. The van der Waals surface area contributed by atoms with Gasteiger partial charge in [0.05, 0.1) is 18.4 Å². The predicted molar refractivity (Wildman–Crippen MR) is 131 cm³/mol. The smallest absolute Gasteiger partial charge is 0.343 e. The zero-order valence-corrected chi connectivity index (χ0v) is 18.9. The molecule has 0 atom stereocenters. The Kier molecular flexibility index (Phi) is 8.99. The third kappa shape index (κ3) is 7.34. The molecule has 7 heteroatoms. The fourth-order valence-corrected chi connectivity index (χ4v) is 2.96. The summed E-state index contributed by atoms with van der Waals surface area (Å²) in [6, 6.07) is 21.0. The first-order valence-electron chi connectivity index (χ1n) is 10.8. The van der Waals surface area contributed by atoms with Crippen LogP contribution >= 0.6 is 0 Å². The van der Waals surface area contributed by atoms with E-state index in [1.54, 1.807) is 60.7 Å². The lowest BCUT2D eigenvalue weighted by molar-refractivity contribution is -0.123. The van der Waals surface area contributed by atoms with Gasteiger partial charge in [-0.3, -0.25) is 4.79 Å². The number of para-hydroxylation sites is 1. The van der Waals surface area contributed by atoms with E-state index >= 15 is 0 Å². The molecule has 7 nitrogen and oxygen atoms in total. The highest BCUT2D eigenvalue weighted by atomic mass is 16.5. The van der Waals surface area contributed by atoms with E-state index in [0.717, 1.165) is 11.1 Å². The molecule has 0 aromatic heterocycles. The van der Waals surface area contributed by atoms with Gasteiger partial charge in [0, 0.05) is 0 Å². The van der Waals surface area contributed by atoms with Gasteiger partial charge in [0.25, 0.3) is 5.91 Å². The van der Waals surface area contributed by atoms with E-state index in [4.69, 9.17) is 14.2 Å². The molecule has 0 spiro atoms. The SMILES string of the molecule is C=CCc1ccccc1OCC(=O)N/N=C/c1ccc(OC(=O)c2ccc(OCC)cc2)cc1. The third-order valence-electron chi connectivity index (χ3n) is 4.59. The minimum atomic E-state index is -0.466. The van der Waals surface area contributed by atoms with Gasteiger partial charge >= 0.3 is 5.97 Å². The monoisotopic (exact) mass is 458 g/mol. The van der Waals surface area contributed by atoms with Crippen molar-refractivity contribution in [2.75, 3.05) is 13.2 Å². The number of nitrogens with one attached hydrogen (secondary N) is 1. The average Bonchev–Trinajstić information content (AvgIpc) is 2.85. The lowest BCUT2D eigenvalue weighted by Crippen LogP contribution is -2.24. The van der Waals surface area contributed by atoms with Crippen LogP contribution in [-0.2, 0) is 11.2 Å². The van der Waals surface area contributed by atoms with E-state index in [0.29, 0.717) is 35.8 Å². The Balaban J connectivity index is 1.46. The molecule has 1 N–H and O–H groups in total. The van der Waals surface area contributed by atoms with E-state index in [-0.39, 0.29) is 12.5 Å². The van der Waals surface area contributed by atoms with Crippen molar-refractivity contribution in [1.29, 1.82) is 0 Å². The fourth-order valence-electron chi connectivity index (χ4n) is 2.96. The number of carbonyl (C=O) groups excluding carboxylic acids is 2. The van der Waals surface area contributed by atoms with Crippen molar-refractivity contribution >= 4 is 18.1 Å². The van der Waals surface area contributed by atoms with Crippen LogP contribution in [0.5, 0.6) is 17.2 Å². The highest BCUT2D eigenvalue weighted by Crippen LogP contribution is 2.19. The highest BCUT2D eigenvalue weighted by molar-refractivity contribution is 5.91. The second kappa shape index (κ2) is 12.6. The van der Waals surface area contributed by atoms with Gasteiger partial charge in [-0.1, -0.05) is 24.3 Å². The lowest BCUT2D eigenvalue weighted by atomic mass is 10.1. The van der Waals surface area contributed by atoms with Gasteiger partial charge in [0.2, 0.25) is 0 Å². The predicted octanol–water partition coefficient (Wildman–Crippen LogP) is 4.56. The molecule has 0 aliphatic carbocycles. The summed E-state index contributed by atoms with van der Waals surface area (Å²) in [5.74, 6) is 0.874. The summed E-state index contributed by atoms with van der Waals surface area (Å²) in [5.41, 5.74) is 4.52. The van der Waals surface area contributed by atoms with Crippen molar-refractivity contribution in [3.05, 3.63) is 102 Å². The van der Waals surface area contributed by atoms with E-state index in [1.165, 1.54) is 6.21 Å². The summed E-state index contributed by atoms with van der Waals surface area (Å²) >= 11 is 0. The molecule has 0 heterocycles. The van der Waals surface area contributed by atoms with Gasteiger partial charge in [-0.2, -0.15) is 5.10 Å². The molecule has 3 rings (SSSR count). The number of hydrazone groups is 1. The van der Waals surface area contributed by atoms with Crippen LogP contribution < -0.4 is 19.6 Å². The molecule has 3 aromatic rings. The van der Waals surface area contributed by atoms with E-state index in [1.807, 2.05) is 25.1 Å². The number of benzene rings is 3. The molecule has 0 bridgehead atoms. The quantitative estimate of drug-likeness (QED) is 0.150. The summed E-state index contributed by atoms with van der Waals surface area (Å²) in [6.07, 6.45) is 3.92. The molecule has 0 fully saturated rings. The van der Waals surface area contributed by atoms with Gasteiger partial charge < -0.3 is 14.2 Å². The Morgan fingerprint density at radius 2 is 1.65 bits per heavy atom. The van der Waals surface area contributed by atoms with Crippen molar-refractivity contribution in [1.82, 2.24) is 5.43 Å². The number of rotatable bonds is 11. The molecule has 3 aromatic carbocycles. The van der Waals surface area contributed by atoms with Crippen molar-refractivity contribution < 1.29 is 23.8 Å². The Hall–Kier alpha value is -4.39. The Morgan fingerprint density at radius 1 is 0.941 bits per heavy atom. The van der Waals surface area contributed by atoms with Crippen LogP contribution in [0.3, 0.4) is 0 Å². The van der Waals surface area contributed by atoms with Crippen molar-refractivity contribution in [3.8, 4) is 17.2 Å². The van der Waals surface area contributed by atoms with Crippen LogP contribution in [0, 0.1) is 0 Å². The Labute approximate surface area is 198 Å². The summed E-state index contributed by atoms with van der Waals surface area (Å²) in [4.78, 5) is 24.3. The first kappa shape index (κ1) is 24.3. The number of hydrogen-bond acceptors (Lipinski definition) is 6. The summed E-state index contributed by atoms with van der Waals surface area (Å²) < 4.78 is 16.3. The van der Waals surface area contributed by atoms with E-state index < -0.39 is 5.97 Å². The molecule has 0 aliphatic heterocycles. The second-order valence-electron chi connectivity index (χ2n) is 7.10. The van der Waals surface area contributed by atoms with Gasteiger partial charge in [-0.05, 0) is 79.1 Å². The summed E-state index contributed by atoms with van der Waals surface area (Å²) in [5, 5.41) is 3.93. The first-order chi connectivity index (χ1) is 16.6. The topological polar surface area (TPSA) is 86.2 Å². The van der Waals surface area contributed by atoms with Gasteiger partial charge in [-0.25, -0.2) is 10.2 Å². The Bertz CT molecular complexity index is 1140. The second-order valence-corrected chi connectivity index (χ2v) is 7.10. The molecular weight excluding hydrogens is 432 g/mol. The molecule has 0 radical (unpaired) electrons. The lowest BCUT2D eigenvalue weighted by Gasteiger charge is -2.09. The van der Waals surface area contributed by atoms with Crippen LogP contribution in [0.4, 0.5) is 0 Å². The number of esters is 1. The van der Waals surface area contributed by atoms with E-state index in [9.17, 15) is 9.59 Å². The minimum Gasteiger partial charge on any atom is -0.494 e. The zero-order valence-electron chi connectivity index (χ0n) is 18.9. The molecule has 0 aliphatic rings. The number of amides is 1. The Morgan fingerprint density at radius 3 is 2.35 bits per heavy atom. The largest absolute Gasteiger partial charge is 0.494 e. The molecule has 0 saturated carbocycles. The molecule has 174 valence electrons. The molecular formula is C27H26N2O5. The number of allylic oxidation sites excluding steroid dienone is 1. The molecule has 1 amide bonds. The maximum atomic E-state index is 12.3. The zero-order chi connectivity index (χ0) is 24.2. The summed E-state index contributed by atoms with van der Waals surface area (Å²) in [7, 11) is 0. The van der Waals surface area contributed by atoms with E-state index in [2.05, 4.69) is 17.1 Å². The maximum Gasteiger partial charge on any atom is 0.343 e. The van der Waals surface area contributed by atoms with Crippen LogP contribution in [0.2, 0.25) is 0 Å². The fraction of sp³-hybridized carbons (Fsp3) is 0.148. The normalized spacial score (nSPS) is 10.5. The van der Waals surface area contributed by atoms with Crippen molar-refractivity contribution in [2.45, 2.75) is 13.3 Å². The standard InChI is InChI=1S/C27H26N2O5/c1-3-7-21-8-5-6-9-25(21)33-19-26(30)29-28-18-20-10-14-24(15-11-20)34-27(31)22-12-16-23(17-13-22)32-4-2/h3,5-6,8-18H,1,4,7,19H2,2H3,(H,29,30)/b28-18+. The number of carbonyl (C=O) groups is 2. The maximum absolute atomic E-state index is 12.3. The van der Waals surface area contributed by atoms with Gasteiger partial charge in [-0.15, -0.1) is 6.58 Å². The van der Waals surface area contributed by atoms with Crippen LogP contribution in [0.15, 0.2) is 90.6 Å². The number of ether oxygens (including phenoxy) is 3. The van der Waals surface area contributed by atoms with Crippen LogP contribution in [0.25, 0.3) is 0 Å². The van der Waals surface area contributed by atoms with Crippen molar-refractivity contribution in [2.24, 2.45) is 5.10 Å². The van der Waals surface area contributed by atoms with Crippen molar-refractivity contribution in [3.63, 3.8) is 0 Å². The van der Waals surface area contributed by atoms with Gasteiger partial charge in [0.1, 0.15) is 17.2 Å². The molecule has 34 heavy (non-hydrogen) atoms. The number of nitrogens with zero attached hydrogens (tertiary/aromatic N) is 1. The van der Waals surface area contributed by atoms with Gasteiger partial charge in [0.15, 0.2) is 6.61 Å². The minimum absolute atomic E-state index is 0.161.